The van der Waals surface area contributed by atoms with E-state index >= 15 is 0 Å². The van der Waals surface area contributed by atoms with Gasteiger partial charge >= 0.3 is 7.12 Å². The van der Waals surface area contributed by atoms with Crippen molar-refractivity contribution in [2.45, 2.75) is 50.5 Å². The van der Waals surface area contributed by atoms with Crippen molar-refractivity contribution in [3.8, 4) is 0 Å². The summed E-state index contributed by atoms with van der Waals surface area (Å²) in [6, 6.07) is 16.2. The van der Waals surface area contributed by atoms with Gasteiger partial charge in [-0.1, -0.05) is 44.0 Å². The molecule has 3 aromatic carbocycles. The van der Waals surface area contributed by atoms with Gasteiger partial charge in [-0.25, -0.2) is 0 Å². The summed E-state index contributed by atoms with van der Waals surface area (Å²) in [6.07, 6.45) is 0. The number of Topliss-reactive ketones (excluding diaryl/α,β-unsaturated/α-hetero) is 1. The lowest BCUT2D eigenvalue weighted by Gasteiger charge is -2.32. The lowest BCUT2D eigenvalue weighted by Crippen LogP contribution is -2.41. The number of anilines is 3. The van der Waals surface area contributed by atoms with Crippen molar-refractivity contribution in [3.63, 3.8) is 0 Å². The number of fused-ring (bicyclic) bond motifs is 5. The zero-order chi connectivity index (χ0) is 35.6. The van der Waals surface area contributed by atoms with Crippen molar-refractivity contribution >= 4 is 85.0 Å². The van der Waals surface area contributed by atoms with E-state index in [-0.39, 0.29) is 11.8 Å². The number of benzene rings is 3. The second-order valence-electron chi connectivity index (χ2n) is 13.1. The van der Waals surface area contributed by atoms with Crippen LogP contribution in [0.3, 0.4) is 0 Å². The van der Waals surface area contributed by atoms with Gasteiger partial charge in [0, 0.05) is 25.8 Å². The molecule has 0 aromatic heterocycles. The van der Waals surface area contributed by atoms with Crippen LogP contribution in [0.4, 0.5) is 17.1 Å². The fourth-order valence-electron chi connectivity index (χ4n) is 6.16. The molecule has 260 valence electrons. The zero-order valence-corrected chi connectivity index (χ0v) is 30.6. The zero-order valence-electron chi connectivity index (χ0n) is 27.4. The molecule has 9 rings (SSSR count). The number of ketones is 1. The summed E-state index contributed by atoms with van der Waals surface area (Å²) in [5, 5.41) is 8.06. The molecular weight excluding hydrogens is 781 g/mol. The van der Waals surface area contributed by atoms with Crippen molar-refractivity contribution in [2.24, 2.45) is 0 Å². The van der Waals surface area contributed by atoms with E-state index < -0.39 is 41.6 Å². The highest BCUT2D eigenvalue weighted by Gasteiger charge is 2.55. The third-order valence-corrected chi connectivity index (χ3v) is 10.4. The van der Waals surface area contributed by atoms with E-state index in [9.17, 15) is 19.2 Å². The van der Waals surface area contributed by atoms with E-state index in [1.54, 1.807) is 18.2 Å². The summed E-state index contributed by atoms with van der Waals surface area (Å²) in [7, 11) is -0.468. The molecule has 3 N–H and O–H groups in total. The van der Waals surface area contributed by atoms with E-state index in [1.807, 2.05) is 64.1 Å². The molecule has 16 heteroatoms. The highest BCUT2D eigenvalue weighted by atomic mass is 79.9. The molecule has 0 atom stereocenters. The van der Waals surface area contributed by atoms with E-state index in [1.165, 1.54) is 0 Å². The Kier molecular flexibility index (Phi) is 8.83. The average Bonchev–Trinajstić information content (AvgIpc) is 3.90. The maximum atomic E-state index is 12.3. The number of carbonyl (C=O) groups excluding carboxylic acids is 4. The molecule has 2 spiro atoms. The van der Waals surface area contributed by atoms with E-state index in [4.69, 9.17) is 28.3 Å². The molecule has 0 saturated carbocycles. The summed E-state index contributed by atoms with van der Waals surface area (Å²) in [5.41, 5.74) is 3.98. The van der Waals surface area contributed by atoms with Gasteiger partial charge in [-0.15, -0.1) is 0 Å². The monoisotopic (exact) mass is 811 g/mol. The minimum absolute atomic E-state index is 0.242. The van der Waals surface area contributed by atoms with Crippen LogP contribution in [0.5, 0.6) is 0 Å². The Balaban J connectivity index is 0.000000125. The van der Waals surface area contributed by atoms with Crippen molar-refractivity contribution in [3.05, 3.63) is 80.2 Å². The Hall–Kier alpha value is -3.48. The lowest BCUT2D eigenvalue weighted by atomic mass is 9.78. The largest absolute Gasteiger partial charge is 0.494 e. The quantitative estimate of drug-likeness (QED) is 0.239. The van der Waals surface area contributed by atoms with Crippen LogP contribution in [0, 0.1) is 0 Å². The second-order valence-corrected chi connectivity index (χ2v) is 14.9. The minimum Gasteiger partial charge on any atom is -0.399 e. The molecule has 0 radical (unpaired) electrons. The SMILES string of the molecule is CC1(C)OB(c2ccc3c(c2)NC(=O)C32OCCO2)OC1(C)C.O=C1Nc2cc(Br)ccc2C12OCCO2.O=C1Nc2cc(Br)ccc2C1=O. The van der Waals surface area contributed by atoms with Crippen molar-refractivity contribution in [1.29, 1.82) is 0 Å². The first-order chi connectivity index (χ1) is 23.7. The molecule has 6 aliphatic heterocycles. The number of halogens is 2. The predicted molar refractivity (Wildman–Crippen MR) is 188 cm³/mol. The van der Waals surface area contributed by atoms with Gasteiger partial charge in [0.1, 0.15) is 0 Å². The third kappa shape index (κ3) is 5.81. The summed E-state index contributed by atoms with van der Waals surface area (Å²) in [4.78, 5) is 46.0. The molecule has 0 aliphatic carbocycles. The summed E-state index contributed by atoms with van der Waals surface area (Å²) in [5.74, 6) is -4.02. The molecular formula is C34H32BBr2N3O10. The summed E-state index contributed by atoms with van der Waals surface area (Å²) >= 11 is 6.59. The van der Waals surface area contributed by atoms with Gasteiger partial charge in [0.2, 0.25) is 0 Å². The van der Waals surface area contributed by atoms with Crippen molar-refractivity contribution < 1.29 is 47.4 Å². The average molecular weight is 813 g/mol. The lowest BCUT2D eigenvalue weighted by molar-refractivity contribution is -0.178. The van der Waals surface area contributed by atoms with Gasteiger partial charge in [0.25, 0.3) is 35.1 Å². The van der Waals surface area contributed by atoms with E-state index in [0.29, 0.717) is 48.9 Å². The number of nitrogens with one attached hydrogen (secondary N) is 3. The first-order valence-corrected chi connectivity index (χ1v) is 17.4. The first-order valence-electron chi connectivity index (χ1n) is 15.8. The van der Waals surface area contributed by atoms with Crippen LogP contribution >= 0.6 is 31.9 Å². The van der Waals surface area contributed by atoms with Crippen LogP contribution in [-0.2, 0) is 54.2 Å². The highest BCUT2D eigenvalue weighted by Crippen LogP contribution is 2.44. The number of hydrogen-bond acceptors (Lipinski definition) is 10. The molecule has 3 fully saturated rings. The number of rotatable bonds is 1. The first kappa shape index (κ1) is 35.0. The van der Waals surface area contributed by atoms with Crippen LogP contribution in [0.2, 0.25) is 0 Å². The number of ether oxygens (including phenoxy) is 4. The molecule has 13 nitrogen and oxygen atoms in total. The van der Waals surface area contributed by atoms with Crippen LogP contribution in [0.15, 0.2) is 63.5 Å². The maximum absolute atomic E-state index is 12.3. The van der Waals surface area contributed by atoms with Gasteiger partial charge in [-0.2, -0.15) is 0 Å². The van der Waals surface area contributed by atoms with Crippen LogP contribution < -0.4 is 21.4 Å². The molecule has 6 heterocycles. The molecule has 3 amide bonds. The Morgan fingerprint density at radius 1 is 0.600 bits per heavy atom. The van der Waals surface area contributed by atoms with Gasteiger partial charge in [-0.05, 0) is 75.6 Å². The van der Waals surface area contributed by atoms with Crippen LogP contribution in [0.1, 0.15) is 49.2 Å². The third-order valence-electron chi connectivity index (χ3n) is 9.42. The number of amides is 3. The molecule has 6 aliphatic rings. The summed E-state index contributed by atoms with van der Waals surface area (Å²) < 4.78 is 35.9. The fourth-order valence-corrected chi connectivity index (χ4v) is 6.88. The van der Waals surface area contributed by atoms with Crippen LogP contribution in [0.25, 0.3) is 0 Å². The number of hydrogen-bond donors (Lipinski definition) is 3. The van der Waals surface area contributed by atoms with Crippen molar-refractivity contribution in [2.75, 3.05) is 42.4 Å². The molecule has 3 saturated heterocycles. The van der Waals surface area contributed by atoms with Gasteiger partial charge < -0.3 is 44.2 Å². The summed E-state index contributed by atoms with van der Waals surface area (Å²) in [6.45, 7) is 9.76. The molecule has 0 bridgehead atoms. The minimum atomic E-state index is -1.29. The Bertz CT molecular complexity index is 1930. The number of carbonyl (C=O) groups is 4. The predicted octanol–water partition coefficient (Wildman–Crippen LogP) is 4.32. The molecule has 50 heavy (non-hydrogen) atoms. The Morgan fingerprint density at radius 2 is 1.06 bits per heavy atom. The molecule has 0 unspecified atom stereocenters. The van der Waals surface area contributed by atoms with Gasteiger partial charge in [0.05, 0.1) is 54.6 Å². The maximum Gasteiger partial charge on any atom is 0.494 e. The normalized spacial score (nSPS) is 22.2. The topological polar surface area (TPSA) is 160 Å². The van der Waals surface area contributed by atoms with E-state index in [2.05, 4.69) is 47.8 Å². The highest BCUT2D eigenvalue weighted by molar-refractivity contribution is 9.10. The Labute approximate surface area is 304 Å². The smallest absolute Gasteiger partial charge is 0.399 e. The standard InChI is InChI=1S/C16H20BNO5.C10H8BrNO3.C8H4BrNO2/c1-14(2)15(3,4)23-17(22-14)10-5-6-11-12(9-10)18-13(19)16(11)20-7-8-21-16;11-6-1-2-7-8(5-6)12-9(13)10(7)14-3-4-15-10;9-4-1-2-5-6(3-4)10-8(12)7(5)11/h5-6,9H,7-8H2,1-4H3,(H,18,19);1-2,5H,3-4H2,(H,12,13);1-3H,(H,10,11,12). The van der Waals surface area contributed by atoms with Gasteiger partial charge in [0.15, 0.2) is 0 Å². The fraction of sp³-hybridized carbons (Fsp3) is 0.353. The van der Waals surface area contributed by atoms with Gasteiger partial charge in [-0.3, -0.25) is 19.2 Å². The molecule has 3 aromatic rings. The second kappa shape index (κ2) is 12.6. The van der Waals surface area contributed by atoms with Crippen molar-refractivity contribution in [1.82, 2.24) is 0 Å². The van der Waals surface area contributed by atoms with E-state index in [0.717, 1.165) is 25.7 Å². The Morgan fingerprint density at radius 3 is 1.60 bits per heavy atom. The van der Waals surface area contributed by atoms with Crippen LogP contribution in [-0.4, -0.2) is 68.3 Å².